The highest BCUT2D eigenvalue weighted by Gasteiger charge is 2.06. The van der Waals surface area contributed by atoms with E-state index in [4.69, 9.17) is 11.6 Å². The predicted molar refractivity (Wildman–Crippen MR) is 60.1 cm³/mol. The minimum absolute atomic E-state index is 0.402. The van der Waals surface area contributed by atoms with Gasteiger partial charge in [-0.3, -0.25) is 0 Å². The van der Waals surface area contributed by atoms with Gasteiger partial charge in [-0.25, -0.2) is 15.0 Å². The molecular formula is C9H12ClN5. The Kier molecular flexibility index (Phi) is 3.01. The molecule has 1 atom stereocenters. The number of aromatic amines is 1. The van der Waals surface area contributed by atoms with Gasteiger partial charge >= 0.3 is 0 Å². The number of aromatic nitrogens is 4. The normalized spacial score (nSPS) is 12.9. The lowest BCUT2D eigenvalue weighted by atomic mass is 10.2. The summed E-state index contributed by atoms with van der Waals surface area (Å²) in [6.07, 6.45) is 3.10. The molecule has 0 bridgehead atoms. The number of imidazole rings is 1. The zero-order valence-electron chi connectivity index (χ0n) is 8.37. The minimum atomic E-state index is 0.402. The Hall–Kier alpha value is -1.36. The third-order valence-corrected chi connectivity index (χ3v) is 2.63. The second-order valence-corrected chi connectivity index (χ2v) is 3.77. The van der Waals surface area contributed by atoms with Gasteiger partial charge in [-0.05, 0) is 5.92 Å². The lowest BCUT2D eigenvalue weighted by Gasteiger charge is -2.09. The molecule has 2 heterocycles. The summed E-state index contributed by atoms with van der Waals surface area (Å²) in [5.74, 6) is 1.80. The molecule has 2 N–H and O–H groups in total. The van der Waals surface area contributed by atoms with Crippen LogP contribution in [0.25, 0.3) is 11.2 Å². The van der Waals surface area contributed by atoms with Crippen LogP contribution in [0.4, 0.5) is 5.82 Å². The lowest BCUT2D eigenvalue weighted by molar-refractivity contribution is 0.695. The molecular weight excluding hydrogens is 214 g/mol. The maximum absolute atomic E-state index is 5.72. The molecule has 2 rings (SSSR count). The fourth-order valence-corrected chi connectivity index (χ4v) is 1.33. The van der Waals surface area contributed by atoms with Crippen LogP contribution >= 0.6 is 11.6 Å². The van der Waals surface area contributed by atoms with Crippen LogP contribution < -0.4 is 5.32 Å². The minimum Gasteiger partial charge on any atom is -0.368 e. The summed E-state index contributed by atoms with van der Waals surface area (Å²) in [5.41, 5.74) is 1.50. The number of alkyl halides is 1. The Labute approximate surface area is 92.3 Å². The van der Waals surface area contributed by atoms with E-state index in [1.165, 1.54) is 6.33 Å². The van der Waals surface area contributed by atoms with Crippen molar-refractivity contribution in [2.75, 3.05) is 17.7 Å². The van der Waals surface area contributed by atoms with Gasteiger partial charge < -0.3 is 10.3 Å². The molecule has 0 aliphatic carbocycles. The monoisotopic (exact) mass is 225 g/mol. The van der Waals surface area contributed by atoms with E-state index in [2.05, 4.69) is 32.2 Å². The molecule has 6 heteroatoms. The van der Waals surface area contributed by atoms with Crippen molar-refractivity contribution in [3.8, 4) is 0 Å². The van der Waals surface area contributed by atoms with Crippen LogP contribution in [0, 0.1) is 5.92 Å². The number of nitrogens with zero attached hydrogens (tertiary/aromatic N) is 3. The molecule has 0 fully saturated rings. The van der Waals surface area contributed by atoms with Crippen molar-refractivity contribution in [1.29, 1.82) is 0 Å². The molecule has 5 nitrogen and oxygen atoms in total. The zero-order valence-corrected chi connectivity index (χ0v) is 9.12. The number of fused-ring (bicyclic) bond motifs is 1. The molecule has 15 heavy (non-hydrogen) atoms. The summed E-state index contributed by atoms with van der Waals surface area (Å²) in [6.45, 7) is 2.86. The van der Waals surface area contributed by atoms with Crippen LogP contribution in [0.15, 0.2) is 12.7 Å². The number of rotatable bonds is 4. The van der Waals surface area contributed by atoms with E-state index >= 15 is 0 Å². The molecule has 0 aliphatic rings. The Bertz CT molecular complexity index is 441. The topological polar surface area (TPSA) is 66.5 Å². The van der Waals surface area contributed by atoms with E-state index in [-0.39, 0.29) is 0 Å². The molecule has 2 aromatic heterocycles. The number of hydrogen-bond donors (Lipinski definition) is 2. The molecule has 0 amide bonds. The third kappa shape index (κ3) is 2.18. The predicted octanol–water partition coefficient (Wildman–Crippen LogP) is 1.64. The van der Waals surface area contributed by atoms with Gasteiger partial charge in [0.2, 0.25) is 0 Å². The summed E-state index contributed by atoms with van der Waals surface area (Å²) in [7, 11) is 0. The Morgan fingerprint density at radius 2 is 2.33 bits per heavy atom. The van der Waals surface area contributed by atoms with Crippen LogP contribution in [0.3, 0.4) is 0 Å². The third-order valence-electron chi connectivity index (χ3n) is 2.10. The fraction of sp³-hybridized carbons (Fsp3) is 0.444. The van der Waals surface area contributed by atoms with Gasteiger partial charge in [-0.2, -0.15) is 0 Å². The number of nitrogens with one attached hydrogen (secondary N) is 2. The summed E-state index contributed by atoms with van der Waals surface area (Å²) >= 11 is 5.72. The number of H-pyrrole nitrogens is 1. The molecule has 0 saturated heterocycles. The average Bonchev–Trinajstić information content (AvgIpc) is 2.74. The van der Waals surface area contributed by atoms with Crippen LogP contribution in [-0.2, 0) is 0 Å². The number of hydrogen-bond acceptors (Lipinski definition) is 4. The lowest BCUT2D eigenvalue weighted by Crippen LogP contribution is -2.13. The van der Waals surface area contributed by atoms with E-state index in [0.717, 1.165) is 17.9 Å². The summed E-state index contributed by atoms with van der Waals surface area (Å²) in [4.78, 5) is 15.2. The molecule has 0 aliphatic heterocycles. The molecule has 2 aromatic rings. The zero-order chi connectivity index (χ0) is 10.7. The van der Waals surface area contributed by atoms with E-state index in [9.17, 15) is 0 Å². The number of halogens is 1. The standard InChI is InChI=1S/C9H12ClN5/c1-6(2-10)3-11-8-7-9(13-4-12-7)15-5-14-8/h4-6H,2-3H2,1H3,(H2,11,12,13,14,15). The van der Waals surface area contributed by atoms with Gasteiger partial charge in [0.1, 0.15) is 11.8 Å². The Balaban J connectivity index is 2.17. The van der Waals surface area contributed by atoms with E-state index in [0.29, 0.717) is 17.4 Å². The first kappa shape index (κ1) is 10.2. The summed E-state index contributed by atoms with van der Waals surface area (Å²) in [5, 5.41) is 3.22. The maximum Gasteiger partial charge on any atom is 0.182 e. The highest BCUT2D eigenvalue weighted by Crippen LogP contribution is 2.14. The smallest absolute Gasteiger partial charge is 0.182 e. The largest absolute Gasteiger partial charge is 0.368 e. The molecule has 0 spiro atoms. The van der Waals surface area contributed by atoms with E-state index < -0.39 is 0 Å². The van der Waals surface area contributed by atoms with Crippen molar-refractivity contribution in [2.45, 2.75) is 6.92 Å². The second kappa shape index (κ2) is 4.44. The first-order chi connectivity index (χ1) is 7.31. The average molecular weight is 226 g/mol. The van der Waals surface area contributed by atoms with Crippen molar-refractivity contribution in [2.24, 2.45) is 5.92 Å². The van der Waals surface area contributed by atoms with Crippen LogP contribution in [0.1, 0.15) is 6.92 Å². The fourth-order valence-electron chi connectivity index (χ4n) is 1.22. The van der Waals surface area contributed by atoms with Crippen molar-refractivity contribution in [1.82, 2.24) is 19.9 Å². The Morgan fingerprint density at radius 1 is 1.47 bits per heavy atom. The summed E-state index contributed by atoms with van der Waals surface area (Å²) in [6, 6.07) is 0. The molecule has 0 radical (unpaired) electrons. The number of anilines is 1. The van der Waals surface area contributed by atoms with Gasteiger partial charge in [-0.15, -0.1) is 11.6 Å². The SMILES string of the molecule is CC(CCl)CNc1ncnc2nc[nH]c12. The van der Waals surface area contributed by atoms with Gasteiger partial charge in [0, 0.05) is 12.4 Å². The van der Waals surface area contributed by atoms with Crippen LogP contribution in [-0.4, -0.2) is 32.4 Å². The van der Waals surface area contributed by atoms with Crippen LogP contribution in [0.5, 0.6) is 0 Å². The quantitative estimate of drug-likeness (QED) is 0.777. The maximum atomic E-state index is 5.72. The van der Waals surface area contributed by atoms with E-state index in [1.807, 2.05) is 0 Å². The highest BCUT2D eigenvalue weighted by molar-refractivity contribution is 6.18. The van der Waals surface area contributed by atoms with Gasteiger partial charge in [0.25, 0.3) is 0 Å². The van der Waals surface area contributed by atoms with Gasteiger partial charge in [0.05, 0.1) is 6.33 Å². The second-order valence-electron chi connectivity index (χ2n) is 3.46. The summed E-state index contributed by atoms with van der Waals surface area (Å²) < 4.78 is 0. The first-order valence-electron chi connectivity index (χ1n) is 4.75. The van der Waals surface area contributed by atoms with Crippen molar-refractivity contribution in [3.63, 3.8) is 0 Å². The van der Waals surface area contributed by atoms with Crippen LogP contribution in [0.2, 0.25) is 0 Å². The first-order valence-corrected chi connectivity index (χ1v) is 5.28. The molecule has 0 saturated carbocycles. The Morgan fingerprint density at radius 3 is 3.13 bits per heavy atom. The van der Waals surface area contributed by atoms with Crippen molar-refractivity contribution in [3.05, 3.63) is 12.7 Å². The van der Waals surface area contributed by atoms with Gasteiger partial charge in [-0.1, -0.05) is 6.92 Å². The molecule has 1 unspecified atom stereocenters. The van der Waals surface area contributed by atoms with Gasteiger partial charge in [0.15, 0.2) is 11.5 Å². The van der Waals surface area contributed by atoms with Crippen molar-refractivity contribution >= 4 is 28.6 Å². The van der Waals surface area contributed by atoms with E-state index in [1.54, 1.807) is 6.33 Å². The molecule has 0 aromatic carbocycles. The molecule has 80 valence electrons. The highest BCUT2D eigenvalue weighted by atomic mass is 35.5. The van der Waals surface area contributed by atoms with Crippen molar-refractivity contribution < 1.29 is 0 Å².